The van der Waals surface area contributed by atoms with Crippen LogP contribution in [0.5, 0.6) is 0 Å². The van der Waals surface area contributed by atoms with E-state index in [9.17, 15) is 22.8 Å². The number of hydrogen-bond donors (Lipinski definition) is 2. The van der Waals surface area contributed by atoms with E-state index in [4.69, 9.17) is 5.11 Å². The summed E-state index contributed by atoms with van der Waals surface area (Å²) in [4.78, 5) is 31.3. The van der Waals surface area contributed by atoms with Crippen LogP contribution in [-0.2, 0) is 16.0 Å². The lowest BCUT2D eigenvalue weighted by Crippen LogP contribution is -2.34. The molecule has 2 atom stereocenters. The predicted octanol–water partition coefficient (Wildman–Crippen LogP) is 1.83. The smallest absolute Gasteiger partial charge is 0.394 e. The number of carboxylic acids is 1. The van der Waals surface area contributed by atoms with Crippen molar-refractivity contribution in [2.75, 3.05) is 13.1 Å². The molecular weight excluding hydrogens is 327 g/mol. The van der Waals surface area contributed by atoms with Crippen LogP contribution in [0.25, 0.3) is 11.0 Å². The maximum absolute atomic E-state index is 13.0. The average Bonchev–Trinajstić information content (AvgIpc) is 3.11. The first-order valence-electron chi connectivity index (χ1n) is 7.25. The maximum atomic E-state index is 13.0. The second-order valence-corrected chi connectivity index (χ2v) is 5.78. The van der Waals surface area contributed by atoms with Gasteiger partial charge in [-0.2, -0.15) is 13.2 Å². The van der Waals surface area contributed by atoms with E-state index < -0.39 is 43.0 Å². The Balaban J connectivity index is 1.77. The fourth-order valence-corrected chi connectivity index (χ4v) is 3.02. The lowest BCUT2D eigenvalue weighted by atomic mass is 9.96. The number of nitrogens with zero attached hydrogens (tertiary/aromatic N) is 2. The molecule has 24 heavy (non-hydrogen) atoms. The number of aromatic amines is 1. The summed E-state index contributed by atoms with van der Waals surface area (Å²) in [6, 6.07) is 3.45. The van der Waals surface area contributed by atoms with Gasteiger partial charge in [0.25, 0.3) is 0 Å². The van der Waals surface area contributed by atoms with Crippen molar-refractivity contribution in [2.45, 2.75) is 12.6 Å². The van der Waals surface area contributed by atoms with Crippen LogP contribution in [-0.4, -0.2) is 51.1 Å². The molecule has 1 saturated heterocycles. The predicted molar refractivity (Wildman–Crippen MR) is 77.0 cm³/mol. The second kappa shape index (κ2) is 5.81. The molecule has 0 saturated carbocycles. The Morgan fingerprint density at radius 3 is 2.75 bits per heavy atom. The van der Waals surface area contributed by atoms with E-state index in [1.807, 2.05) is 0 Å². The lowest BCUT2D eigenvalue weighted by Gasteiger charge is -2.18. The lowest BCUT2D eigenvalue weighted by molar-refractivity contribution is -0.188. The first-order valence-corrected chi connectivity index (χ1v) is 7.25. The van der Waals surface area contributed by atoms with Gasteiger partial charge >= 0.3 is 12.1 Å². The van der Waals surface area contributed by atoms with Gasteiger partial charge in [0.2, 0.25) is 5.91 Å². The highest BCUT2D eigenvalue weighted by Crippen LogP contribution is 2.38. The largest absolute Gasteiger partial charge is 0.481 e. The summed E-state index contributed by atoms with van der Waals surface area (Å²) in [5, 5.41) is 9.71. The third kappa shape index (κ3) is 2.93. The highest BCUT2D eigenvalue weighted by Gasteiger charge is 2.53. The maximum Gasteiger partial charge on any atom is 0.394 e. The molecule has 2 aromatic rings. The molecule has 1 amide bonds. The number of aliphatic carboxylic acids is 1. The van der Waals surface area contributed by atoms with Gasteiger partial charge in [-0.05, 0) is 17.7 Å². The van der Waals surface area contributed by atoms with Crippen molar-refractivity contribution in [2.24, 2.45) is 11.8 Å². The van der Waals surface area contributed by atoms with E-state index in [0.29, 0.717) is 16.6 Å². The molecule has 1 aliphatic rings. The van der Waals surface area contributed by atoms with Crippen molar-refractivity contribution in [1.82, 2.24) is 14.9 Å². The van der Waals surface area contributed by atoms with Crippen LogP contribution in [0.2, 0.25) is 0 Å². The zero-order chi connectivity index (χ0) is 17.5. The number of alkyl halides is 3. The van der Waals surface area contributed by atoms with Crippen LogP contribution in [0.4, 0.5) is 13.2 Å². The van der Waals surface area contributed by atoms with Gasteiger partial charge in [-0.3, -0.25) is 9.59 Å². The molecule has 1 aliphatic heterocycles. The quantitative estimate of drug-likeness (QED) is 0.892. The minimum Gasteiger partial charge on any atom is -0.481 e. The number of fused-ring (bicyclic) bond motifs is 1. The molecule has 3 rings (SSSR count). The van der Waals surface area contributed by atoms with Crippen molar-refractivity contribution in [3.8, 4) is 0 Å². The minimum atomic E-state index is -4.65. The highest BCUT2D eigenvalue weighted by molar-refractivity contribution is 5.87. The molecule has 1 fully saturated rings. The number of carboxylic acid groups (broad SMARTS) is 1. The molecule has 0 aliphatic carbocycles. The Labute approximate surface area is 134 Å². The SMILES string of the molecule is O=C(O)[C@@H]1CN(C(=O)Cc2c[nH]c3ncccc23)C[C@H]1C(F)(F)F. The summed E-state index contributed by atoms with van der Waals surface area (Å²) in [6.07, 6.45) is -1.59. The Kier molecular flexibility index (Phi) is 3.94. The molecule has 0 aromatic carbocycles. The molecular formula is C15H14F3N3O3. The van der Waals surface area contributed by atoms with Gasteiger partial charge in [0.05, 0.1) is 18.3 Å². The van der Waals surface area contributed by atoms with Gasteiger partial charge in [0.1, 0.15) is 5.65 Å². The molecule has 0 spiro atoms. The third-order valence-electron chi connectivity index (χ3n) is 4.29. The fourth-order valence-electron chi connectivity index (χ4n) is 3.02. The Morgan fingerprint density at radius 1 is 1.38 bits per heavy atom. The number of carbonyl (C=O) groups is 2. The summed E-state index contributed by atoms with van der Waals surface area (Å²) in [6.45, 7) is -1.06. The number of hydrogen-bond acceptors (Lipinski definition) is 3. The van der Waals surface area contributed by atoms with Crippen LogP contribution in [0.1, 0.15) is 5.56 Å². The normalized spacial score (nSPS) is 21.4. The van der Waals surface area contributed by atoms with Crippen LogP contribution in [0.15, 0.2) is 24.5 Å². The zero-order valence-corrected chi connectivity index (χ0v) is 12.4. The monoisotopic (exact) mass is 341 g/mol. The van der Waals surface area contributed by atoms with E-state index in [0.717, 1.165) is 4.90 Å². The van der Waals surface area contributed by atoms with E-state index in [1.54, 1.807) is 24.5 Å². The molecule has 6 nitrogen and oxygen atoms in total. The Bertz CT molecular complexity index is 787. The molecule has 0 radical (unpaired) electrons. The van der Waals surface area contributed by atoms with Crippen molar-refractivity contribution in [3.05, 3.63) is 30.1 Å². The van der Waals surface area contributed by atoms with Gasteiger partial charge in [0, 0.05) is 30.9 Å². The molecule has 2 aromatic heterocycles. The van der Waals surface area contributed by atoms with Gasteiger partial charge in [0.15, 0.2) is 0 Å². The first kappa shape index (κ1) is 16.3. The van der Waals surface area contributed by atoms with E-state index in [1.165, 1.54) is 0 Å². The summed E-state index contributed by atoms with van der Waals surface area (Å²) in [5.41, 5.74) is 1.20. The van der Waals surface area contributed by atoms with Crippen molar-refractivity contribution >= 4 is 22.9 Å². The van der Waals surface area contributed by atoms with Gasteiger partial charge in [-0.1, -0.05) is 0 Å². The summed E-state index contributed by atoms with van der Waals surface area (Å²) in [5.74, 6) is -5.73. The highest BCUT2D eigenvalue weighted by atomic mass is 19.4. The third-order valence-corrected chi connectivity index (χ3v) is 4.29. The number of likely N-dealkylation sites (tertiary alicyclic amines) is 1. The Morgan fingerprint density at radius 2 is 2.12 bits per heavy atom. The average molecular weight is 341 g/mol. The van der Waals surface area contributed by atoms with Crippen LogP contribution >= 0.6 is 0 Å². The van der Waals surface area contributed by atoms with Crippen molar-refractivity contribution in [3.63, 3.8) is 0 Å². The number of pyridine rings is 1. The number of halogens is 3. The molecule has 2 N–H and O–H groups in total. The van der Waals surface area contributed by atoms with Crippen molar-refractivity contribution < 1.29 is 27.9 Å². The van der Waals surface area contributed by atoms with Crippen LogP contribution in [0, 0.1) is 11.8 Å². The second-order valence-electron chi connectivity index (χ2n) is 5.78. The molecule has 9 heteroatoms. The summed E-state index contributed by atoms with van der Waals surface area (Å²) < 4.78 is 38.9. The molecule has 0 bridgehead atoms. The van der Waals surface area contributed by atoms with E-state index >= 15 is 0 Å². The minimum absolute atomic E-state index is 0.109. The van der Waals surface area contributed by atoms with Gasteiger partial charge in [-0.25, -0.2) is 4.98 Å². The number of nitrogens with one attached hydrogen (secondary N) is 1. The van der Waals surface area contributed by atoms with Crippen LogP contribution in [0.3, 0.4) is 0 Å². The summed E-state index contributed by atoms with van der Waals surface area (Å²) >= 11 is 0. The number of aromatic nitrogens is 2. The van der Waals surface area contributed by atoms with Gasteiger partial charge < -0.3 is 15.0 Å². The van der Waals surface area contributed by atoms with Gasteiger partial charge in [-0.15, -0.1) is 0 Å². The zero-order valence-electron chi connectivity index (χ0n) is 12.4. The van der Waals surface area contributed by atoms with Crippen molar-refractivity contribution in [1.29, 1.82) is 0 Å². The standard InChI is InChI=1S/C15H14F3N3O3/c16-15(17,18)11-7-21(6-10(11)14(23)24)12(22)4-8-5-20-13-9(8)2-1-3-19-13/h1-3,5,10-11H,4,6-7H2,(H,19,20)(H,23,24)/t10-,11-/m1/s1. The summed E-state index contributed by atoms with van der Waals surface area (Å²) in [7, 11) is 0. The Hall–Kier alpha value is -2.58. The molecule has 3 heterocycles. The first-order chi connectivity index (χ1) is 11.3. The number of H-pyrrole nitrogens is 1. The molecule has 0 unspecified atom stereocenters. The molecule has 128 valence electrons. The number of rotatable bonds is 3. The fraction of sp³-hybridized carbons (Fsp3) is 0.400. The topological polar surface area (TPSA) is 86.3 Å². The van der Waals surface area contributed by atoms with Crippen LogP contribution < -0.4 is 0 Å². The van der Waals surface area contributed by atoms with E-state index in [-0.39, 0.29) is 6.42 Å². The van der Waals surface area contributed by atoms with E-state index in [2.05, 4.69) is 9.97 Å². The number of carbonyl (C=O) groups excluding carboxylic acids is 1. The number of amides is 1.